The van der Waals surface area contributed by atoms with Crippen molar-refractivity contribution in [3.63, 3.8) is 0 Å². The molecule has 0 radical (unpaired) electrons. The zero-order valence-electron chi connectivity index (χ0n) is 35.6. The van der Waals surface area contributed by atoms with E-state index < -0.39 is 18.0 Å². The minimum absolute atomic E-state index is 0.115. The maximum absolute atomic E-state index is 13.3. The third-order valence-electron chi connectivity index (χ3n) is 11.5. The zero-order valence-corrected chi connectivity index (χ0v) is 37.2. The smallest absolute Gasteiger partial charge is 0.257 e. The van der Waals surface area contributed by atoms with Crippen LogP contribution >= 0.6 is 22.9 Å². The number of hydrogen-bond donors (Lipinski definition) is 3. The maximum Gasteiger partial charge on any atom is 0.257 e. The molecule has 0 bridgehead atoms. The topological polar surface area (TPSA) is 202 Å². The van der Waals surface area contributed by atoms with E-state index in [1.165, 1.54) is 9.78 Å². The van der Waals surface area contributed by atoms with Gasteiger partial charge >= 0.3 is 0 Å². The van der Waals surface area contributed by atoms with E-state index in [-0.39, 0.29) is 56.0 Å². The third-order valence-corrected chi connectivity index (χ3v) is 13.0. The number of azo groups is 1. The van der Waals surface area contributed by atoms with Gasteiger partial charge in [-0.25, -0.2) is 0 Å². The van der Waals surface area contributed by atoms with Crippen LogP contribution in [0.15, 0.2) is 82.0 Å². The minimum Gasteiger partial charge on any atom is -0.484 e. The molecule has 330 valence electrons. The molecule has 0 saturated carbocycles. The number of carbonyl (C=O) groups is 5. The lowest BCUT2D eigenvalue weighted by atomic mass is 9.99. The number of benzene rings is 3. The number of fused-ring (bicyclic) bond motifs is 4. The number of unbranched alkanes of at least 4 members (excludes halogenated alkanes) is 3. The molecule has 1 fully saturated rings. The van der Waals surface area contributed by atoms with Gasteiger partial charge in [-0.3, -0.25) is 38.8 Å². The maximum atomic E-state index is 13.3. The van der Waals surface area contributed by atoms with Crippen molar-refractivity contribution in [1.29, 1.82) is 0 Å². The molecule has 5 amide bonds. The average Bonchev–Trinajstić information content (AvgIpc) is 3.90. The molecule has 0 aliphatic carbocycles. The number of nitrogens with zero attached hydrogens (tertiary/aromatic N) is 7. The Morgan fingerprint density at radius 3 is 2.38 bits per heavy atom. The van der Waals surface area contributed by atoms with E-state index in [4.69, 9.17) is 21.3 Å². The first-order valence-electron chi connectivity index (χ1n) is 21.3. The van der Waals surface area contributed by atoms with Crippen molar-refractivity contribution in [3.05, 3.63) is 116 Å². The molecule has 16 nitrogen and oxygen atoms in total. The minimum atomic E-state index is -0.715. The lowest BCUT2D eigenvalue weighted by Crippen LogP contribution is -2.52. The van der Waals surface area contributed by atoms with Crippen LogP contribution in [0.4, 0.5) is 11.4 Å². The number of thiophene rings is 1. The highest BCUT2D eigenvalue weighted by atomic mass is 35.5. The molecule has 3 N–H and O–H groups in total. The molecule has 1 saturated heterocycles. The van der Waals surface area contributed by atoms with Crippen LogP contribution in [0, 0.1) is 20.8 Å². The summed E-state index contributed by atoms with van der Waals surface area (Å²) in [4.78, 5) is 70.7. The highest BCUT2D eigenvalue weighted by molar-refractivity contribution is 7.15. The molecular weight excluding hydrogens is 856 g/mol. The van der Waals surface area contributed by atoms with Crippen LogP contribution in [0.5, 0.6) is 5.75 Å². The number of amides is 5. The summed E-state index contributed by atoms with van der Waals surface area (Å²) in [6.45, 7) is 7.19. The normalized spacial score (nSPS) is 16.8. The lowest BCUT2D eigenvalue weighted by molar-refractivity contribution is -0.137. The monoisotopic (exact) mass is 902 g/mol. The van der Waals surface area contributed by atoms with Gasteiger partial charge in [0, 0.05) is 58.2 Å². The molecule has 8 rings (SSSR count). The Kier molecular flexibility index (Phi) is 13.4. The molecule has 1 unspecified atom stereocenters. The van der Waals surface area contributed by atoms with Crippen LogP contribution in [0.25, 0.3) is 5.00 Å². The third kappa shape index (κ3) is 9.65. The van der Waals surface area contributed by atoms with Gasteiger partial charge in [0.25, 0.3) is 11.8 Å². The van der Waals surface area contributed by atoms with E-state index in [9.17, 15) is 24.0 Å². The largest absolute Gasteiger partial charge is 0.484 e. The van der Waals surface area contributed by atoms with Crippen molar-refractivity contribution in [3.8, 4) is 10.8 Å². The SMILES string of the molecule is Cc1sc2c(c1C)C(c1ccc(Cl)cc1)=N[C@@H](CC(=O)NCCCCCCNC(=O)COc1ccc(N=Nc3cccc4c3CN(C3CCC(=O)NC3=O)C4=O)cc1)c1nnc(C)n1-2. The number of aromatic nitrogens is 3. The highest BCUT2D eigenvalue weighted by Gasteiger charge is 2.40. The van der Waals surface area contributed by atoms with E-state index in [1.807, 2.05) is 35.8 Å². The molecule has 3 aliphatic rings. The van der Waals surface area contributed by atoms with Gasteiger partial charge in [-0.2, -0.15) is 10.2 Å². The molecule has 2 atom stereocenters. The second-order valence-electron chi connectivity index (χ2n) is 15.9. The summed E-state index contributed by atoms with van der Waals surface area (Å²) in [5.41, 5.74) is 6.06. The van der Waals surface area contributed by atoms with Crippen molar-refractivity contribution >= 4 is 69.6 Å². The summed E-state index contributed by atoms with van der Waals surface area (Å²) in [6.07, 6.45) is 3.93. The Morgan fingerprint density at radius 1 is 0.906 bits per heavy atom. The molecule has 2 aromatic heterocycles. The molecule has 64 heavy (non-hydrogen) atoms. The Hall–Kier alpha value is -6.59. The van der Waals surface area contributed by atoms with Gasteiger partial charge in [0.15, 0.2) is 12.4 Å². The van der Waals surface area contributed by atoms with Crippen molar-refractivity contribution in [1.82, 2.24) is 35.6 Å². The Morgan fingerprint density at radius 2 is 1.64 bits per heavy atom. The predicted molar refractivity (Wildman–Crippen MR) is 241 cm³/mol. The second kappa shape index (κ2) is 19.4. The zero-order chi connectivity index (χ0) is 44.9. The summed E-state index contributed by atoms with van der Waals surface area (Å²) in [7, 11) is 0. The summed E-state index contributed by atoms with van der Waals surface area (Å²) >= 11 is 7.90. The molecule has 3 aliphatic heterocycles. The number of rotatable bonds is 16. The van der Waals surface area contributed by atoms with E-state index in [0.717, 1.165) is 58.9 Å². The van der Waals surface area contributed by atoms with Crippen LogP contribution in [-0.4, -0.2) is 80.7 Å². The van der Waals surface area contributed by atoms with Crippen LogP contribution in [-0.2, 0) is 25.7 Å². The molecular formula is C46H47ClN10O6S. The Bertz CT molecular complexity index is 2680. The van der Waals surface area contributed by atoms with Gasteiger partial charge in [0.1, 0.15) is 28.7 Å². The number of ether oxygens (including phenoxy) is 1. The Balaban J connectivity index is 0.741. The van der Waals surface area contributed by atoms with Gasteiger partial charge in [0.05, 0.1) is 23.5 Å². The van der Waals surface area contributed by atoms with Crippen LogP contribution in [0.2, 0.25) is 5.02 Å². The number of piperidine rings is 1. The fourth-order valence-electron chi connectivity index (χ4n) is 8.02. The van der Waals surface area contributed by atoms with E-state index in [2.05, 4.69) is 50.2 Å². The van der Waals surface area contributed by atoms with Gasteiger partial charge in [-0.1, -0.05) is 42.6 Å². The number of nitrogens with one attached hydrogen (secondary N) is 3. The van der Waals surface area contributed by atoms with Gasteiger partial charge < -0.3 is 20.3 Å². The van der Waals surface area contributed by atoms with Crippen molar-refractivity contribution in [2.45, 2.75) is 84.3 Å². The van der Waals surface area contributed by atoms with E-state index >= 15 is 0 Å². The second-order valence-corrected chi connectivity index (χ2v) is 17.5. The summed E-state index contributed by atoms with van der Waals surface area (Å²) in [5.74, 6) is 0.437. The summed E-state index contributed by atoms with van der Waals surface area (Å²) in [5, 5.41) is 27.5. The Labute approximate surface area is 378 Å². The molecule has 5 aromatic rings. The van der Waals surface area contributed by atoms with Gasteiger partial charge in [-0.05, 0) is 94.1 Å². The number of aliphatic imine (C=N–C) groups is 1. The number of imide groups is 1. The number of aryl methyl sites for hydroxylation is 2. The highest BCUT2D eigenvalue weighted by Crippen LogP contribution is 2.40. The first-order chi connectivity index (χ1) is 30.9. The molecule has 5 heterocycles. The van der Waals surface area contributed by atoms with Crippen molar-refractivity contribution in [2.75, 3.05) is 19.7 Å². The van der Waals surface area contributed by atoms with Crippen LogP contribution in [0.3, 0.4) is 0 Å². The number of halogens is 1. The van der Waals surface area contributed by atoms with Gasteiger partial charge in [0.2, 0.25) is 17.7 Å². The number of hydrogen-bond acceptors (Lipinski definition) is 12. The first kappa shape index (κ1) is 44.0. The number of carbonyl (C=O) groups excluding carboxylic acids is 5. The summed E-state index contributed by atoms with van der Waals surface area (Å²) in [6, 6.07) is 18.3. The van der Waals surface area contributed by atoms with E-state index in [0.29, 0.717) is 52.2 Å². The summed E-state index contributed by atoms with van der Waals surface area (Å²) < 4.78 is 7.71. The first-order valence-corrected chi connectivity index (χ1v) is 22.5. The molecule has 3 aromatic carbocycles. The van der Waals surface area contributed by atoms with Gasteiger partial charge in [-0.15, -0.1) is 21.5 Å². The molecule has 0 spiro atoms. The van der Waals surface area contributed by atoms with Crippen LogP contribution in [0.1, 0.15) is 100 Å². The average molecular weight is 903 g/mol. The van der Waals surface area contributed by atoms with Crippen molar-refractivity contribution in [2.24, 2.45) is 15.2 Å². The lowest BCUT2D eigenvalue weighted by Gasteiger charge is -2.29. The van der Waals surface area contributed by atoms with Crippen LogP contribution < -0.4 is 20.7 Å². The fraction of sp³-hybridized carbons (Fsp3) is 0.348. The van der Waals surface area contributed by atoms with Crippen molar-refractivity contribution < 1.29 is 28.7 Å². The van der Waals surface area contributed by atoms with E-state index in [1.54, 1.807) is 53.8 Å². The fourth-order valence-corrected chi connectivity index (χ4v) is 9.36. The quantitative estimate of drug-likeness (QED) is 0.0523. The molecule has 18 heteroatoms. The predicted octanol–water partition coefficient (Wildman–Crippen LogP) is 7.24. The standard InChI is InChI=1S/C46H47ClN10O6S/c1-26-27(2)64-46-41(26)42(29-11-13-30(47)14-12-29)50-36(43-55-52-28(3)57(43)46)23-39(59)48-21-6-4-5-7-22-49-40(60)25-63-32-17-15-31(16-18-32)53-54-35-10-8-9-33-34(35)24-56(45(33)62)37-19-20-38(58)51-44(37)61/h8-18,36-37H,4-7,19-25H2,1-3H3,(H,48,59)(H,49,60)(H,51,58,61)/t36-,37?/m0/s1.